The van der Waals surface area contributed by atoms with Crippen molar-refractivity contribution < 1.29 is 19.2 Å². The number of halogens is 6. The molecule has 0 radical (unpaired) electrons. The van der Waals surface area contributed by atoms with E-state index in [0.29, 0.717) is 43.7 Å². The minimum Gasteiger partial charge on any atom is -0.324 e. The lowest BCUT2D eigenvalue weighted by Crippen LogP contribution is -2.32. The van der Waals surface area contributed by atoms with Gasteiger partial charge in [0.15, 0.2) is 11.6 Å². The first-order valence-corrected chi connectivity index (χ1v) is 16.8. The van der Waals surface area contributed by atoms with Gasteiger partial charge in [-0.15, -0.1) is 0 Å². The number of azo groups is 2. The molecule has 0 aliphatic rings. The van der Waals surface area contributed by atoms with Crippen molar-refractivity contribution in [2.24, 2.45) is 20.5 Å². The molecule has 2 N–H and O–H groups in total. The zero-order valence-corrected chi connectivity index (χ0v) is 31.2. The van der Waals surface area contributed by atoms with Crippen molar-refractivity contribution >= 4 is 116 Å². The molecule has 0 spiro atoms. The molecule has 50 heavy (non-hydrogen) atoms. The standard InChI is InChI=1S/C34H26Cl6N6O4/c1-15-9-19(35)5-7-27(15)41-33(49)31(17(3)47)45-43-29-13-23(37)21(11-25(29)39)22-12-26(40)30(14-24(22)38)44-46-32(18(4)48)34(50)42-28-8-6-20(36)10-16(28)2/h5-14,31-32H,1-4H3,(H,41,49)(H,42,50). The molecule has 0 aromatic heterocycles. The van der Waals surface area contributed by atoms with Crippen LogP contribution in [0.3, 0.4) is 0 Å². The van der Waals surface area contributed by atoms with E-state index >= 15 is 0 Å². The lowest BCUT2D eigenvalue weighted by atomic mass is 10.0. The lowest BCUT2D eigenvalue weighted by molar-refractivity contribution is -0.127. The number of carbonyl (C=O) groups excluding carboxylic acids is 4. The van der Waals surface area contributed by atoms with Crippen LogP contribution in [0.5, 0.6) is 0 Å². The number of Topliss-reactive ketones (excluding diaryl/α,β-unsaturated/α-hetero) is 2. The Bertz CT molecular complexity index is 1940. The number of nitrogens with zero attached hydrogens (tertiary/aromatic N) is 4. The molecule has 2 atom stereocenters. The average Bonchev–Trinajstić information content (AvgIpc) is 3.02. The summed E-state index contributed by atoms with van der Waals surface area (Å²) < 4.78 is 0. The van der Waals surface area contributed by atoms with Gasteiger partial charge in [0.2, 0.25) is 12.1 Å². The van der Waals surface area contributed by atoms with Gasteiger partial charge in [-0.25, -0.2) is 0 Å². The molecule has 0 bridgehead atoms. The van der Waals surface area contributed by atoms with Crippen molar-refractivity contribution in [2.75, 3.05) is 10.6 Å². The highest BCUT2D eigenvalue weighted by Gasteiger charge is 2.25. The lowest BCUT2D eigenvalue weighted by Gasteiger charge is -2.13. The van der Waals surface area contributed by atoms with Crippen LogP contribution in [0, 0.1) is 13.8 Å². The Hall–Kier alpha value is -3.90. The van der Waals surface area contributed by atoms with Crippen LogP contribution in [0.1, 0.15) is 25.0 Å². The van der Waals surface area contributed by atoms with Crippen molar-refractivity contribution in [3.63, 3.8) is 0 Å². The van der Waals surface area contributed by atoms with E-state index < -0.39 is 35.5 Å². The van der Waals surface area contributed by atoms with Crippen molar-refractivity contribution in [3.8, 4) is 11.1 Å². The highest BCUT2D eigenvalue weighted by molar-refractivity contribution is 6.40. The zero-order valence-electron chi connectivity index (χ0n) is 26.6. The van der Waals surface area contributed by atoms with Crippen LogP contribution in [0.2, 0.25) is 30.1 Å². The van der Waals surface area contributed by atoms with E-state index in [9.17, 15) is 19.2 Å². The normalized spacial score (nSPS) is 12.6. The number of ketones is 2. The van der Waals surface area contributed by atoms with Gasteiger partial charge in [-0.3, -0.25) is 19.2 Å². The fraction of sp³-hybridized carbons (Fsp3) is 0.176. The van der Waals surface area contributed by atoms with Crippen molar-refractivity contribution in [2.45, 2.75) is 39.8 Å². The first kappa shape index (κ1) is 38.9. The molecular weight excluding hydrogens is 769 g/mol. The molecule has 0 fully saturated rings. The Kier molecular flexibility index (Phi) is 13.1. The largest absolute Gasteiger partial charge is 0.324 e. The van der Waals surface area contributed by atoms with Crippen LogP contribution in [-0.2, 0) is 19.2 Å². The molecular formula is C34H26Cl6N6O4. The second-order valence-corrected chi connectivity index (χ2v) is 13.4. The number of anilines is 2. The van der Waals surface area contributed by atoms with Gasteiger partial charge in [0.1, 0.15) is 11.4 Å². The quantitative estimate of drug-likeness (QED) is 0.115. The van der Waals surface area contributed by atoms with Gasteiger partial charge >= 0.3 is 0 Å². The molecule has 2 unspecified atom stereocenters. The third kappa shape index (κ3) is 9.66. The first-order chi connectivity index (χ1) is 23.5. The monoisotopic (exact) mass is 792 g/mol. The summed E-state index contributed by atoms with van der Waals surface area (Å²) in [6.45, 7) is 5.92. The molecule has 2 amide bonds. The second-order valence-electron chi connectivity index (χ2n) is 10.9. The van der Waals surface area contributed by atoms with Gasteiger partial charge in [0.05, 0.1) is 20.1 Å². The van der Waals surface area contributed by atoms with E-state index in [1.165, 1.54) is 38.1 Å². The summed E-state index contributed by atoms with van der Waals surface area (Å²) in [7, 11) is 0. The van der Waals surface area contributed by atoms with Gasteiger partial charge in [-0.2, -0.15) is 20.5 Å². The van der Waals surface area contributed by atoms with E-state index in [-0.39, 0.29) is 31.5 Å². The number of benzene rings is 4. The summed E-state index contributed by atoms with van der Waals surface area (Å²) >= 11 is 38.2. The summed E-state index contributed by atoms with van der Waals surface area (Å²) in [5, 5.41) is 22.7. The molecule has 258 valence electrons. The topological polar surface area (TPSA) is 142 Å². The van der Waals surface area contributed by atoms with Crippen LogP contribution in [-0.4, -0.2) is 35.5 Å². The number of carbonyl (C=O) groups is 4. The van der Waals surface area contributed by atoms with Crippen LogP contribution >= 0.6 is 69.6 Å². The number of amides is 2. The van der Waals surface area contributed by atoms with Crippen LogP contribution in [0.4, 0.5) is 22.7 Å². The number of rotatable bonds is 11. The highest BCUT2D eigenvalue weighted by atomic mass is 35.5. The summed E-state index contributed by atoms with van der Waals surface area (Å²) in [6, 6.07) is 12.5. The summed E-state index contributed by atoms with van der Waals surface area (Å²) in [6.07, 6.45) is 0. The molecule has 10 nitrogen and oxygen atoms in total. The van der Waals surface area contributed by atoms with Gasteiger partial charge < -0.3 is 10.6 Å². The van der Waals surface area contributed by atoms with Crippen molar-refractivity contribution in [1.82, 2.24) is 0 Å². The number of nitrogens with one attached hydrogen (secondary N) is 2. The fourth-order valence-electron chi connectivity index (χ4n) is 4.45. The van der Waals surface area contributed by atoms with Crippen LogP contribution < -0.4 is 10.6 Å². The van der Waals surface area contributed by atoms with Crippen molar-refractivity contribution in [1.29, 1.82) is 0 Å². The predicted octanol–water partition coefficient (Wildman–Crippen LogP) is 11.3. The Morgan fingerprint density at radius 3 is 1.22 bits per heavy atom. The molecule has 4 aromatic rings. The molecule has 4 aromatic carbocycles. The Morgan fingerprint density at radius 1 is 0.540 bits per heavy atom. The highest BCUT2D eigenvalue weighted by Crippen LogP contribution is 2.43. The summed E-state index contributed by atoms with van der Waals surface area (Å²) in [5.74, 6) is -2.50. The minimum absolute atomic E-state index is 0.0756. The van der Waals surface area contributed by atoms with E-state index in [1.54, 1.807) is 50.2 Å². The second kappa shape index (κ2) is 16.9. The van der Waals surface area contributed by atoms with E-state index in [4.69, 9.17) is 69.6 Å². The molecule has 4 rings (SSSR count). The molecule has 0 aliphatic heterocycles. The Balaban J connectivity index is 1.55. The Labute approximate surface area is 317 Å². The SMILES string of the molecule is CC(=O)C(N=Nc1cc(Cl)c(-c2cc(Cl)c(N=NC(C(C)=O)C(=O)Nc3ccc(Cl)cc3C)cc2Cl)cc1Cl)C(=O)Nc1ccc(Cl)cc1C. The molecule has 0 saturated carbocycles. The predicted molar refractivity (Wildman–Crippen MR) is 200 cm³/mol. The zero-order chi connectivity index (χ0) is 36.9. The molecule has 0 saturated heterocycles. The Morgan fingerprint density at radius 2 is 0.900 bits per heavy atom. The van der Waals surface area contributed by atoms with E-state index in [1.807, 2.05) is 0 Å². The van der Waals surface area contributed by atoms with Gasteiger partial charge in [-0.1, -0.05) is 69.6 Å². The molecule has 16 heteroatoms. The van der Waals surface area contributed by atoms with E-state index in [0.717, 1.165) is 0 Å². The minimum atomic E-state index is -1.47. The first-order valence-electron chi connectivity index (χ1n) is 14.5. The van der Waals surface area contributed by atoms with Crippen LogP contribution in [0.25, 0.3) is 11.1 Å². The van der Waals surface area contributed by atoms with Gasteiger partial charge in [0.25, 0.3) is 11.8 Å². The number of aryl methyl sites for hydroxylation is 2. The summed E-state index contributed by atoms with van der Waals surface area (Å²) in [5.41, 5.74) is 3.20. The number of hydrogen-bond acceptors (Lipinski definition) is 8. The average molecular weight is 795 g/mol. The third-order valence-electron chi connectivity index (χ3n) is 7.08. The van der Waals surface area contributed by atoms with Crippen LogP contribution in [0.15, 0.2) is 81.1 Å². The maximum atomic E-state index is 12.9. The maximum absolute atomic E-state index is 12.9. The van der Waals surface area contributed by atoms with Crippen molar-refractivity contribution in [3.05, 3.63) is 102 Å². The summed E-state index contributed by atoms with van der Waals surface area (Å²) in [4.78, 5) is 50.4. The fourth-order valence-corrected chi connectivity index (χ4v) is 5.83. The third-order valence-corrected chi connectivity index (χ3v) is 8.79. The molecule has 0 heterocycles. The van der Waals surface area contributed by atoms with Gasteiger partial charge in [-0.05, 0) is 99.5 Å². The van der Waals surface area contributed by atoms with Gasteiger partial charge in [0, 0.05) is 32.5 Å². The molecule has 0 aliphatic carbocycles. The van der Waals surface area contributed by atoms with E-state index in [2.05, 4.69) is 31.1 Å². The maximum Gasteiger partial charge on any atom is 0.258 e. The smallest absolute Gasteiger partial charge is 0.258 e. The number of hydrogen-bond donors (Lipinski definition) is 2.